The number of hydrogen-bond donors (Lipinski definition) is 1. The van der Waals surface area contributed by atoms with Gasteiger partial charge in [0, 0.05) is 20.3 Å². The molecule has 2 N–H and O–H groups in total. The van der Waals surface area contributed by atoms with Crippen LogP contribution in [0.3, 0.4) is 0 Å². The first kappa shape index (κ1) is 17.9. The van der Waals surface area contributed by atoms with Crippen LogP contribution in [-0.2, 0) is 19.5 Å². The van der Waals surface area contributed by atoms with Gasteiger partial charge in [-0.2, -0.15) is 0 Å². The smallest absolute Gasteiger partial charge is 0.241 e. The molecule has 7 heteroatoms. The molecular formula is C14H23NO5S. The summed E-state index contributed by atoms with van der Waals surface area (Å²) < 4.78 is 39.0. The fraction of sp³-hybridized carbons (Fsp3) is 0.571. The molecule has 0 fully saturated rings. The number of benzene rings is 1. The molecule has 0 unspecified atom stereocenters. The highest BCUT2D eigenvalue weighted by Gasteiger charge is 2.18. The second-order valence-corrected chi connectivity index (χ2v) is 6.29. The number of ether oxygens (including phenoxy) is 3. The van der Waals surface area contributed by atoms with Gasteiger partial charge in [0.05, 0.1) is 6.61 Å². The van der Waals surface area contributed by atoms with Gasteiger partial charge in [-0.1, -0.05) is 6.07 Å². The van der Waals surface area contributed by atoms with Crippen molar-refractivity contribution in [3.8, 4) is 5.75 Å². The number of rotatable bonds is 9. The monoisotopic (exact) mass is 317 g/mol. The fourth-order valence-corrected chi connectivity index (χ4v) is 2.75. The predicted molar refractivity (Wildman–Crippen MR) is 80.1 cm³/mol. The van der Waals surface area contributed by atoms with Crippen molar-refractivity contribution in [1.29, 1.82) is 0 Å². The van der Waals surface area contributed by atoms with Crippen LogP contribution in [-0.4, -0.2) is 42.0 Å². The SMILES string of the molecule is COCCCOCCOc1c(C)cc(C)cc1S(N)(=O)=O. The van der Waals surface area contributed by atoms with Crippen molar-refractivity contribution in [3.05, 3.63) is 23.3 Å². The Bertz CT molecular complexity index is 557. The first-order valence-corrected chi connectivity index (χ1v) is 8.24. The van der Waals surface area contributed by atoms with Gasteiger partial charge in [0.15, 0.2) is 0 Å². The van der Waals surface area contributed by atoms with Gasteiger partial charge in [-0.15, -0.1) is 0 Å². The number of aryl methyl sites for hydroxylation is 2. The largest absolute Gasteiger partial charge is 0.489 e. The van der Waals surface area contributed by atoms with E-state index in [0.29, 0.717) is 25.6 Å². The average Bonchev–Trinajstić information content (AvgIpc) is 2.38. The van der Waals surface area contributed by atoms with Gasteiger partial charge in [0.2, 0.25) is 10.0 Å². The Morgan fingerprint density at radius 2 is 1.81 bits per heavy atom. The van der Waals surface area contributed by atoms with Gasteiger partial charge >= 0.3 is 0 Å². The molecule has 0 aliphatic rings. The topological polar surface area (TPSA) is 87.8 Å². The lowest BCUT2D eigenvalue weighted by Gasteiger charge is -2.14. The minimum Gasteiger partial charge on any atom is -0.489 e. The molecule has 0 atom stereocenters. The molecule has 0 bridgehead atoms. The summed E-state index contributed by atoms with van der Waals surface area (Å²) >= 11 is 0. The highest BCUT2D eigenvalue weighted by atomic mass is 32.2. The van der Waals surface area contributed by atoms with E-state index in [0.717, 1.165) is 17.5 Å². The van der Waals surface area contributed by atoms with E-state index in [1.807, 2.05) is 13.0 Å². The van der Waals surface area contributed by atoms with Crippen molar-refractivity contribution in [2.45, 2.75) is 25.2 Å². The summed E-state index contributed by atoms with van der Waals surface area (Å²) in [6.07, 6.45) is 0.808. The van der Waals surface area contributed by atoms with Crippen LogP contribution in [0.1, 0.15) is 17.5 Å². The van der Waals surface area contributed by atoms with E-state index in [-0.39, 0.29) is 11.5 Å². The summed E-state index contributed by atoms with van der Waals surface area (Å²) in [6, 6.07) is 3.36. The summed E-state index contributed by atoms with van der Waals surface area (Å²) in [6.45, 7) is 5.46. The van der Waals surface area contributed by atoms with Crippen LogP contribution in [0.4, 0.5) is 0 Å². The number of sulfonamides is 1. The molecule has 1 rings (SSSR count). The second kappa shape index (κ2) is 8.33. The summed E-state index contributed by atoms with van der Waals surface area (Å²) in [5, 5.41) is 5.23. The Hall–Kier alpha value is -1.15. The maximum Gasteiger partial charge on any atom is 0.241 e. The van der Waals surface area contributed by atoms with Gasteiger partial charge < -0.3 is 14.2 Å². The highest BCUT2D eigenvalue weighted by Crippen LogP contribution is 2.28. The summed E-state index contributed by atoms with van der Waals surface area (Å²) in [5.41, 5.74) is 1.55. The van der Waals surface area contributed by atoms with Crippen LogP contribution < -0.4 is 9.88 Å². The van der Waals surface area contributed by atoms with E-state index in [9.17, 15) is 8.42 Å². The Labute approximate surface area is 126 Å². The van der Waals surface area contributed by atoms with E-state index in [4.69, 9.17) is 19.3 Å². The number of nitrogens with two attached hydrogens (primary N) is 1. The van der Waals surface area contributed by atoms with Crippen LogP contribution in [0.2, 0.25) is 0 Å². The molecule has 0 aromatic heterocycles. The zero-order valence-corrected chi connectivity index (χ0v) is 13.5. The standard InChI is InChI=1S/C14H23NO5S/c1-11-9-12(2)14(13(10-11)21(15,16)17)20-8-7-19-6-4-5-18-3/h9-10H,4-8H2,1-3H3,(H2,15,16,17). The molecule has 0 heterocycles. The maximum absolute atomic E-state index is 11.6. The van der Waals surface area contributed by atoms with Crippen LogP contribution in [0.5, 0.6) is 5.75 Å². The zero-order chi connectivity index (χ0) is 15.9. The Balaban J connectivity index is 2.63. The highest BCUT2D eigenvalue weighted by molar-refractivity contribution is 7.89. The van der Waals surface area contributed by atoms with Crippen molar-refractivity contribution in [2.24, 2.45) is 5.14 Å². The van der Waals surface area contributed by atoms with Crippen LogP contribution in [0.25, 0.3) is 0 Å². The lowest BCUT2D eigenvalue weighted by Crippen LogP contribution is -2.16. The summed E-state index contributed by atoms with van der Waals surface area (Å²) in [7, 11) is -2.18. The van der Waals surface area contributed by atoms with E-state index in [1.165, 1.54) is 6.07 Å². The minimum atomic E-state index is -3.82. The molecule has 1 aromatic rings. The molecule has 0 aliphatic carbocycles. The Morgan fingerprint density at radius 1 is 1.10 bits per heavy atom. The predicted octanol–water partition coefficient (Wildman–Crippen LogP) is 1.38. The van der Waals surface area contributed by atoms with Gasteiger partial charge in [-0.3, -0.25) is 0 Å². The third-order valence-electron chi connectivity index (χ3n) is 2.80. The van der Waals surface area contributed by atoms with E-state index >= 15 is 0 Å². The molecule has 6 nitrogen and oxygen atoms in total. The van der Waals surface area contributed by atoms with Crippen molar-refractivity contribution >= 4 is 10.0 Å². The van der Waals surface area contributed by atoms with Gasteiger partial charge in [-0.05, 0) is 37.5 Å². The van der Waals surface area contributed by atoms with Crippen LogP contribution >= 0.6 is 0 Å². The lowest BCUT2D eigenvalue weighted by molar-refractivity contribution is 0.0798. The molecule has 0 amide bonds. The molecule has 0 radical (unpaired) electrons. The first-order valence-electron chi connectivity index (χ1n) is 6.69. The number of primary sulfonamides is 1. The van der Waals surface area contributed by atoms with Crippen molar-refractivity contribution in [1.82, 2.24) is 0 Å². The summed E-state index contributed by atoms with van der Waals surface area (Å²) in [5.74, 6) is 0.295. The van der Waals surface area contributed by atoms with Crippen molar-refractivity contribution in [2.75, 3.05) is 33.5 Å². The normalized spacial score (nSPS) is 11.6. The van der Waals surface area contributed by atoms with E-state index < -0.39 is 10.0 Å². The number of methoxy groups -OCH3 is 1. The molecule has 0 spiro atoms. The Kier molecular flexibility index (Phi) is 7.10. The average molecular weight is 317 g/mol. The molecule has 120 valence electrons. The molecule has 0 saturated carbocycles. The van der Waals surface area contributed by atoms with Crippen LogP contribution in [0.15, 0.2) is 17.0 Å². The van der Waals surface area contributed by atoms with Crippen molar-refractivity contribution in [3.63, 3.8) is 0 Å². The van der Waals surface area contributed by atoms with Crippen LogP contribution in [0, 0.1) is 13.8 Å². The van der Waals surface area contributed by atoms with Gasteiger partial charge in [-0.25, -0.2) is 13.6 Å². The Morgan fingerprint density at radius 3 is 2.43 bits per heavy atom. The molecular weight excluding hydrogens is 294 g/mol. The molecule has 0 aliphatic heterocycles. The minimum absolute atomic E-state index is 0.0133. The van der Waals surface area contributed by atoms with Crippen molar-refractivity contribution < 1.29 is 22.6 Å². The quantitative estimate of drug-likeness (QED) is 0.695. The molecule has 21 heavy (non-hydrogen) atoms. The number of hydrogen-bond acceptors (Lipinski definition) is 5. The molecule has 0 saturated heterocycles. The second-order valence-electron chi connectivity index (χ2n) is 4.76. The lowest BCUT2D eigenvalue weighted by atomic mass is 10.1. The zero-order valence-electron chi connectivity index (χ0n) is 12.7. The molecule has 1 aromatic carbocycles. The fourth-order valence-electron chi connectivity index (χ4n) is 1.92. The third-order valence-corrected chi connectivity index (χ3v) is 3.72. The summed E-state index contributed by atoms with van der Waals surface area (Å²) in [4.78, 5) is 0.0133. The van der Waals surface area contributed by atoms with E-state index in [1.54, 1.807) is 14.0 Å². The van der Waals surface area contributed by atoms with Gasteiger partial charge in [0.1, 0.15) is 17.3 Å². The maximum atomic E-state index is 11.6. The van der Waals surface area contributed by atoms with Gasteiger partial charge in [0.25, 0.3) is 0 Å². The van der Waals surface area contributed by atoms with E-state index in [2.05, 4.69) is 0 Å². The third kappa shape index (κ3) is 6.01. The first-order chi connectivity index (χ1) is 9.86.